The average Bonchev–Trinajstić information content (AvgIpc) is 2.80. The lowest BCUT2D eigenvalue weighted by Crippen LogP contribution is -2.27. The summed E-state index contributed by atoms with van der Waals surface area (Å²) in [5, 5.41) is 7.74. The molecule has 0 aliphatic carbocycles. The molecule has 0 saturated carbocycles. The SMILES string of the molecule is CC(C)NCc1ccc(S(=O)(=O)NCCCS(N)(=O)=O)o1. The molecular weight excluding hydrogens is 318 g/mol. The molecule has 0 spiro atoms. The van der Waals surface area contributed by atoms with Crippen LogP contribution >= 0.6 is 0 Å². The van der Waals surface area contributed by atoms with E-state index in [1.54, 1.807) is 6.07 Å². The van der Waals surface area contributed by atoms with Gasteiger partial charge < -0.3 is 9.73 Å². The zero-order chi connectivity index (χ0) is 16.1. The molecule has 1 rings (SSSR count). The van der Waals surface area contributed by atoms with Gasteiger partial charge in [-0.2, -0.15) is 0 Å². The van der Waals surface area contributed by atoms with Crippen LogP contribution in [0, 0.1) is 0 Å². The van der Waals surface area contributed by atoms with Gasteiger partial charge in [0.05, 0.1) is 12.3 Å². The van der Waals surface area contributed by atoms with E-state index in [-0.39, 0.29) is 29.9 Å². The van der Waals surface area contributed by atoms with Gasteiger partial charge in [0.2, 0.25) is 15.1 Å². The van der Waals surface area contributed by atoms with E-state index in [1.165, 1.54) is 6.07 Å². The van der Waals surface area contributed by atoms with E-state index in [0.29, 0.717) is 12.3 Å². The highest BCUT2D eigenvalue weighted by Gasteiger charge is 2.18. The van der Waals surface area contributed by atoms with Gasteiger partial charge in [0.1, 0.15) is 5.76 Å². The fourth-order valence-electron chi connectivity index (χ4n) is 1.45. The van der Waals surface area contributed by atoms with Gasteiger partial charge >= 0.3 is 0 Å². The summed E-state index contributed by atoms with van der Waals surface area (Å²) in [6, 6.07) is 3.19. The van der Waals surface area contributed by atoms with Crippen molar-refractivity contribution in [3.8, 4) is 0 Å². The van der Waals surface area contributed by atoms with E-state index >= 15 is 0 Å². The standard InChI is InChI=1S/C11H21N3O5S2/c1-9(2)13-8-10-4-5-11(19-10)21(17,18)14-6-3-7-20(12,15)16/h4-5,9,13-14H,3,6-8H2,1-2H3,(H2,12,15,16). The topological polar surface area (TPSA) is 132 Å². The van der Waals surface area contributed by atoms with Crippen LogP contribution in [0.3, 0.4) is 0 Å². The minimum Gasteiger partial charge on any atom is -0.447 e. The van der Waals surface area contributed by atoms with Crippen LogP contribution < -0.4 is 15.2 Å². The minimum atomic E-state index is -3.78. The molecule has 1 heterocycles. The van der Waals surface area contributed by atoms with Crippen molar-refractivity contribution in [1.29, 1.82) is 0 Å². The smallest absolute Gasteiger partial charge is 0.273 e. The summed E-state index contributed by atoms with van der Waals surface area (Å²) in [5.74, 6) is 0.227. The molecule has 8 nitrogen and oxygen atoms in total. The molecule has 1 aromatic rings. The van der Waals surface area contributed by atoms with Crippen LogP contribution in [0.25, 0.3) is 0 Å². The maximum atomic E-state index is 11.9. The predicted octanol–water partition coefficient (Wildman–Crippen LogP) is -0.265. The van der Waals surface area contributed by atoms with Crippen molar-refractivity contribution >= 4 is 20.0 Å². The third-order valence-corrected chi connectivity index (χ3v) is 4.68. The Bertz CT molecular complexity index is 649. The fraction of sp³-hybridized carbons (Fsp3) is 0.636. The second kappa shape index (κ2) is 7.36. The van der Waals surface area contributed by atoms with E-state index < -0.39 is 20.0 Å². The lowest BCUT2D eigenvalue weighted by Gasteiger charge is -2.06. The van der Waals surface area contributed by atoms with Gasteiger partial charge in [-0.3, -0.25) is 0 Å². The Morgan fingerprint density at radius 1 is 1.24 bits per heavy atom. The van der Waals surface area contributed by atoms with Gasteiger partial charge in [0, 0.05) is 12.6 Å². The molecule has 4 N–H and O–H groups in total. The zero-order valence-corrected chi connectivity index (χ0v) is 13.6. The second-order valence-electron chi connectivity index (χ2n) is 4.87. The van der Waals surface area contributed by atoms with Crippen LogP contribution in [0.15, 0.2) is 21.6 Å². The molecule has 122 valence electrons. The average molecular weight is 339 g/mol. The van der Waals surface area contributed by atoms with Gasteiger partial charge in [0.15, 0.2) is 0 Å². The molecule has 0 fully saturated rings. The molecule has 0 amide bonds. The van der Waals surface area contributed by atoms with Crippen LogP contribution in [-0.2, 0) is 26.6 Å². The summed E-state index contributed by atoms with van der Waals surface area (Å²) in [6.07, 6.45) is 0.0978. The maximum absolute atomic E-state index is 11.9. The Morgan fingerprint density at radius 2 is 1.90 bits per heavy atom. The van der Waals surface area contributed by atoms with Crippen molar-refractivity contribution in [2.24, 2.45) is 5.14 Å². The third kappa shape index (κ3) is 7.05. The Hall–Kier alpha value is -0.940. The highest BCUT2D eigenvalue weighted by molar-refractivity contribution is 7.89. The summed E-state index contributed by atoms with van der Waals surface area (Å²) < 4.78 is 52.8. The highest BCUT2D eigenvalue weighted by atomic mass is 32.2. The third-order valence-electron chi connectivity index (χ3n) is 2.48. The predicted molar refractivity (Wildman–Crippen MR) is 78.5 cm³/mol. The monoisotopic (exact) mass is 339 g/mol. The van der Waals surface area contributed by atoms with E-state index in [1.807, 2.05) is 13.8 Å². The number of hydrogen-bond donors (Lipinski definition) is 3. The first-order chi connectivity index (χ1) is 9.60. The second-order valence-corrected chi connectivity index (χ2v) is 8.31. The molecule has 0 aliphatic rings. The number of rotatable bonds is 9. The number of nitrogens with two attached hydrogens (primary N) is 1. The molecule has 1 aromatic heterocycles. The zero-order valence-electron chi connectivity index (χ0n) is 12.0. The van der Waals surface area contributed by atoms with Crippen molar-refractivity contribution < 1.29 is 21.3 Å². The first-order valence-corrected chi connectivity index (χ1v) is 9.62. The summed E-state index contributed by atoms with van der Waals surface area (Å²) in [7, 11) is -7.36. The fourth-order valence-corrected chi connectivity index (χ4v) is 3.02. The first-order valence-electron chi connectivity index (χ1n) is 6.42. The van der Waals surface area contributed by atoms with Crippen molar-refractivity contribution in [3.63, 3.8) is 0 Å². The number of nitrogens with one attached hydrogen (secondary N) is 2. The molecular formula is C11H21N3O5S2. The molecule has 0 aliphatic heterocycles. The van der Waals surface area contributed by atoms with Crippen LogP contribution in [-0.4, -0.2) is 35.2 Å². The lowest BCUT2D eigenvalue weighted by atomic mass is 10.3. The molecule has 21 heavy (non-hydrogen) atoms. The van der Waals surface area contributed by atoms with Gasteiger partial charge in [-0.1, -0.05) is 13.8 Å². The minimum absolute atomic E-state index is 0.0287. The van der Waals surface area contributed by atoms with Gasteiger partial charge in [0.25, 0.3) is 10.0 Å². The number of furan rings is 1. The quantitative estimate of drug-likeness (QED) is 0.531. The summed E-state index contributed by atoms with van der Waals surface area (Å²) in [6.45, 7) is 4.33. The number of sulfonamides is 2. The lowest BCUT2D eigenvalue weighted by molar-refractivity contribution is 0.393. The molecule has 0 aromatic carbocycles. The van der Waals surface area contributed by atoms with Crippen LogP contribution in [0.2, 0.25) is 0 Å². The maximum Gasteiger partial charge on any atom is 0.273 e. The van der Waals surface area contributed by atoms with E-state index in [9.17, 15) is 16.8 Å². The normalized spacial score (nSPS) is 13.0. The van der Waals surface area contributed by atoms with Crippen molar-refractivity contribution in [3.05, 3.63) is 17.9 Å². The van der Waals surface area contributed by atoms with E-state index in [0.717, 1.165) is 0 Å². The van der Waals surface area contributed by atoms with Gasteiger partial charge in [-0.25, -0.2) is 26.7 Å². The molecule has 0 unspecified atom stereocenters. The highest BCUT2D eigenvalue weighted by Crippen LogP contribution is 2.13. The molecule has 10 heteroatoms. The molecule has 0 bridgehead atoms. The van der Waals surface area contributed by atoms with Crippen molar-refractivity contribution in [1.82, 2.24) is 10.0 Å². The molecule has 0 radical (unpaired) electrons. The van der Waals surface area contributed by atoms with Gasteiger partial charge in [-0.15, -0.1) is 0 Å². The van der Waals surface area contributed by atoms with Crippen LogP contribution in [0.5, 0.6) is 0 Å². The molecule has 0 saturated heterocycles. The Labute approximate surface area is 125 Å². The summed E-state index contributed by atoms with van der Waals surface area (Å²) >= 11 is 0. The number of hydrogen-bond acceptors (Lipinski definition) is 6. The molecule has 0 atom stereocenters. The Kier molecular flexibility index (Phi) is 6.35. The van der Waals surface area contributed by atoms with E-state index in [4.69, 9.17) is 9.56 Å². The first kappa shape index (κ1) is 18.1. The summed E-state index contributed by atoms with van der Waals surface area (Å²) in [4.78, 5) is 0. The largest absolute Gasteiger partial charge is 0.447 e. The summed E-state index contributed by atoms with van der Waals surface area (Å²) in [5.41, 5.74) is 0. The Morgan fingerprint density at radius 3 is 2.48 bits per heavy atom. The van der Waals surface area contributed by atoms with Crippen molar-refractivity contribution in [2.75, 3.05) is 12.3 Å². The number of primary sulfonamides is 1. The van der Waals surface area contributed by atoms with Gasteiger partial charge in [-0.05, 0) is 18.6 Å². The van der Waals surface area contributed by atoms with Crippen LogP contribution in [0.4, 0.5) is 0 Å². The van der Waals surface area contributed by atoms with Crippen LogP contribution in [0.1, 0.15) is 26.0 Å². The van der Waals surface area contributed by atoms with Crippen molar-refractivity contribution in [2.45, 2.75) is 37.9 Å². The Balaban J connectivity index is 2.54. The van der Waals surface area contributed by atoms with E-state index in [2.05, 4.69) is 10.0 Å².